The third-order valence-corrected chi connectivity index (χ3v) is 2.65. The van der Waals surface area contributed by atoms with E-state index in [2.05, 4.69) is 30.9 Å². The maximum atomic E-state index is 5.75. The summed E-state index contributed by atoms with van der Waals surface area (Å²) in [7, 11) is 0. The minimum Gasteiger partial charge on any atom is -0.435 e. The molecule has 0 aliphatic heterocycles. The van der Waals surface area contributed by atoms with Gasteiger partial charge < -0.3 is 10.2 Å². The number of fused-ring (bicyclic) bond motifs is 1. The topological polar surface area (TPSA) is 77.8 Å². The third kappa shape index (κ3) is 1.76. The summed E-state index contributed by atoms with van der Waals surface area (Å²) in [5.74, 6) is 0.664. The Morgan fingerprint density at radius 2 is 2.00 bits per heavy atom. The lowest BCUT2D eigenvalue weighted by molar-refractivity contribution is 0.616. The quantitative estimate of drug-likeness (QED) is 0.745. The first-order valence-corrected chi connectivity index (χ1v) is 5.67. The molecule has 2 heterocycles. The van der Waals surface area contributed by atoms with Crippen LogP contribution < -0.4 is 5.73 Å². The van der Waals surface area contributed by atoms with Gasteiger partial charge in [-0.15, -0.1) is 0 Å². The molecule has 0 aliphatic carbocycles. The fourth-order valence-electron chi connectivity index (χ4n) is 1.51. The highest BCUT2D eigenvalue weighted by Crippen LogP contribution is 2.26. The predicted molar refractivity (Wildman–Crippen MR) is 67.1 cm³/mol. The molecule has 0 amide bonds. The van der Waals surface area contributed by atoms with E-state index < -0.39 is 0 Å². The molecule has 0 aliphatic rings. The molecule has 1 aromatic carbocycles. The minimum absolute atomic E-state index is 0.291. The molecule has 17 heavy (non-hydrogen) atoms. The first kappa shape index (κ1) is 10.2. The second-order valence-corrected chi connectivity index (χ2v) is 4.23. The van der Waals surface area contributed by atoms with Gasteiger partial charge in [-0.2, -0.15) is 0 Å². The van der Waals surface area contributed by atoms with Crippen LogP contribution in [0, 0.1) is 0 Å². The highest BCUT2D eigenvalue weighted by molar-refractivity contribution is 9.10. The van der Waals surface area contributed by atoms with Crippen molar-refractivity contribution in [1.82, 2.24) is 15.0 Å². The number of aromatic nitrogens is 3. The van der Waals surface area contributed by atoms with E-state index >= 15 is 0 Å². The smallest absolute Gasteiger partial charge is 0.250 e. The number of oxazole rings is 1. The van der Waals surface area contributed by atoms with E-state index in [4.69, 9.17) is 10.2 Å². The number of halogens is 1. The molecule has 3 rings (SSSR count). The largest absolute Gasteiger partial charge is 0.435 e. The lowest BCUT2D eigenvalue weighted by Gasteiger charge is -1.98. The molecule has 0 bridgehead atoms. The van der Waals surface area contributed by atoms with Crippen molar-refractivity contribution in [3.8, 4) is 11.6 Å². The number of benzene rings is 1. The number of para-hydroxylation sites is 2. The Morgan fingerprint density at radius 1 is 1.18 bits per heavy atom. The number of nitrogens with zero attached hydrogens (tertiary/aromatic N) is 3. The Hall–Kier alpha value is -1.95. The first-order chi connectivity index (χ1) is 8.24. The average molecular weight is 291 g/mol. The molecular formula is C11H7BrN4O. The van der Waals surface area contributed by atoms with Gasteiger partial charge in [0.2, 0.25) is 5.89 Å². The van der Waals surface area contributed by atoms with Gasteiger partial charge in [-0.25, -0.2) is 15.0 Å². The second kappa shape index (κ2) is 3.81. The number of nitrogen functional groups attached to an aromatic ring is 1. The molecule has 0 atom stereocenters. The Kier molecular flexibility index (Phi) is 2.29. The van der Waals surface area contributed by atoms with Gasteiger partial charge >= 0.3 is 0 Å². The van der Waals surface area contributed by atoms with Gasteiger partial charge in [-0.1, -0.05) is 12.1 Å². The van der Waals surface area contributed by atoms with Gasteiger partial charge in [0.05, 0.1) is 6.20 Å². The molecule has 0 fully saturated rings. The Labute approximate surface area is 105 Å². The van der Waals surface area contributed by atoms with Crippen molar-refractivity contribution in [2.75, 3.05) is 5.73 Å². The van der Waals surface area contributed by atoms with E-state index in [9.17, 15) is 0 Å². The van der Waals surface area contributed by atoms with Crippen LogP contribution in [0.15, 0.2) is 39.5 Å². The van der Waals surface area contributed by atoms with Crippen LogP contribution in [0.2, 0.25) is 0 Å². The standard InChI is InChI=1S/C11H7BrN4O/c12-8-5-14-10(13)9(16-8)11-15-6-3-1-2-4-7(6)17-11/h1-5H,(H2,13,14). The van der Waals surface area contributed by atoms with Crippen LogP contribution in [0.1, 0.15) is 0 Å². The Balaban J connectivity index is 2.23. The molecule has 0 saturated heterocycles. The van der Waals surface area contributed by atoms with Crippen molar-refractivity contribution in [2.45, 2.75) is 0 Å². The molecule has 84 valence electrons. The van der Waals surface area contributed by atoms with E-state index in [-0.39, 0.29) is 0 Å². The van der Waals surface area contributed by atoms with Crippen molar-refractivity contribution in [3.05, 3.63) is 35.1 Å². The van der Waals surface area contributed by atoms with Crippen LogP contribution in [0.5, 0.6) is 0 Å². The van der Waals surface area contributed by atoms with Gasteiger partial charge in [0, 0.05) is 0 Å². The number of hydrogen-bond acceptors (Lipinski definition) is 5. The molecule has 6 heteroatoms. The lowest BCUT2D eigenvalue weighted by atomic mass is 10.3. The highest BCUT2D eigenvalue weighted by Gasteiger charge is 2.13. The zero-order valence-corrected chi connectivity index (χ0v) is 10.2. The fourth-order valence-corrected chi connectivity index (χ4v) is 1.79. The van der Waals surface area contributed by atoms with Crippen LogP contribution in [-0.4, -0.2) is 15.0 Å². The summed E-state index contributed by atoms with van der Waals surface area (Å²) in [5.41, 5.74) is 7.65. The average Bonchev–Trinajstić information content (AvgIpc) is 2.75. The molecular weight excluding hydrogens is 284 g/mol. The molecule has 0 saturated carbocycles. The first-order valence-electron chi connectivity index (χ1n) is 4.88. The molecule has 2 aromatic heterocycles. The van der Waals surface area contributed by atoms with Crippen LogP contribution in [0.4, 0.5) is 5.82 Å². The maximum Gasteiger partial charge on any atom is 0.250 e. The lowest BCUT2D eigenvalue weighted by Crippen LogP contribution is -1.97. The van der Waals surface area contributed by atoms with Gasteiger partial charge in [-0.3, -0.25) is 0 Å². The Bertz CT molecular complexity index is 662. The van der Waals surface area contributed by atoms with E-state index in [1.165, 1.54) is 6.20 Å². The van der Waals surface area contributed by atoms with E-state index in [0.29, 0.717) is 27.6 Å². The SMILES string of the molecule is Nc1ncc(Br)nc1-c1nc2ccccc2o1. The van der Waals surface area contributed by atoms with Gasteiger partial charge in [0.1, 0.15) is 10.1 Å². The molecule has 0 spiro atoms. The second-order valence-electron chi connectivity index (χ2n) is 3.41. The maximum absolute atomic E-state index is 5.75. The predicted octanol–water partition coefficient (Wildman–Crippen LogP) is 2.63. The zero-order chi connectivity index (χ0) is 11.8. The summed E-state index contributed by atoms with van der Waals surface area (Å²) in [6.07, 6.45) is 1.53. The van der Waals surface area contributed by atoms with Crippen LogP contribution in [0.3, 0.4) is 0 Å². The van der Waals surface area contributed by atoms with Crippen LogP contribution >= 0.6 is 15.9 Å². The Morgan fingerprint density at radius 3 is 2.82 bits per heavy atom. The van der Waals surface area contributed by atoms with Gasteiger partial charge in [-0.05, 0) is 28.1 Å². The van der Waals surface area contributed by atoms with Gasteiger partial charge in [0.25, 0.3) is 0 Å². The van der Waals surface area contributed by atoms with Crippen molar-refractivity contribution in [3.63, 3.8) is 0 Å². The fraction of sp³-hybridized carbons (Fsp3) is 0. The van der Waals surface area contributed by atoms with E-state index in [1.54, 1.807) is 0 Å². The normalized spacial score (nSPS) is 10.9. The summed E-state index contributed by atoms with van der Waals surface area (Å²) in [6, 6.07) is 7.48. The zero-order valence-electron chi connectivity index (χ0n) is 8.59. The van der Waals surface area contributed by atoms with Gasteiger partial charge in [0.15, 0.2) is 17.1 Å². The van der Waals surface area contributed by atoms with Crippen molar-refractivity contribution in [2.24, 2.45) is 0 Å². The molecule has 0 radical (unpaired) electrons. The monoisotopic (exact) mass is 290 g/mol. The highest BCUT2D eigenvalue weighted by atomic mass is 79.9. The van der Waals surface area contributed by atoms with E-state index in [0.717, 1.165) is 5.52 Å². The minimum atomic E-state index is 0.291. The number of rotatable bonds is 1. The summed E-state index contributed by atoms with van der Waals surface area (Å²) in [5, 5.41) is 0. The molecule has 3 aromatic rings. The summed E-state index contributed by atoms with van der Waals surface area (Å²) in [4.78, 5) is 12.5. The molecule has 2 N–H and O–H groups in total. The van der Waals surface area contributed by atoms with Crippen molar-refractivity contribution >= 4 is 32.8 Å². The van der Waals surface area contributed by atoms with Crippen LogP contribution in [0.25, 0.3) is 22.7 Å². The summed E-state index contributed by atoms with van der Waals surface area (Å²) in [6.45, 7) is 0. The van der Waals surface area contributed by atoms with Crippen molar-refractivity contribution in [1.29, 1.82) is 0 Å². The number of nitrogens with two attached hydrogens (primary N) is 1. The summed E-state index contributed by atoms with van der Waals surface area (Å²) >= 11 is 3.24. The molecule has 0 unspecified atom stereocenters. The van der Waals surface area contributed by atoms with E-state index in [1.807, 2.05) is 24.3 Å². The summed E-state index contributed by atoms with van der Waals surface area (Å²) < 4.78 is 6.16. The van der Waals surface area contributed by atoms with Crippen LogP contribution in [-0.2, 0) is 0 Å². The third-order valence-electron chi connectivity index (χ3n) is 2.27. The molecule has 5 nitrogen and oxygen atoms in total. The van der Waals surface area contributed by atoms with Crippen molar-refractivity contribution < 1.29 is 4.42 Å². The number of anilines is 1. The number of hydrogen-bond donors (Lipinski definition) is 1.